The Hall–Kier alpha value is -0.190. The predicted octanol–water partition coefficient (Wildman–Crippen LogP) is 1.84. The zero-order valence-electron chi connectivity index (χ0n) is 9.76. The minimum absolute atomic E-state index is 0.0627. The molecule has 0 spiro atoms. The molecule has 6 heteroatoms. The molecule has 1 aliphatic carbocycles. The van der Waals surface area contributed by atoms with E-state index < -0.39 is 13.9 Å². The summed E-state index contributed by atoms with van der Waals surface area (Å²) in [5.74, 6) is 0. The van der Waals surface area contributed by atoms with Crippen LogP contribution in [0.3, 0.4) is 0 Å². The Labute approximate surface area is 96.4 Å². The Morgan fingerprint density at radius 1 is 1.31 bits per heavy atom. The second kappa shape index (κ2) is 6.52. The lowest BCUT2D eigenvalue weighted by Gasteiger charge is -2.25. The van der Waals surface area contributed by atoms with E-state index in [1.165, 1.54) is 0 Å². The maximum absolute atomic E-state index is 12.1. The fraction of sp³-hybridized carbons (Fsp3) is 0.800. The van der Waals surface area contributed by atoms with Crippen LogP contribution < -0.4 is 5.09 Å². The number of nitrogens with one attached hydrogen (secondary N) is 1. The van der Waals surface area contributed by atoms with Gasteiger partial charge in [-0.2, -0.15) is 0 Å². The SMILES string of the molecule is CCOP(=O)(N[C@@H]1C=C[C@H](O)CC1)OCC. The van der Waals surface area contributed by atoms with Gasteiger partial charge in [-0.15, -0.1) is 0 Å². The highest BCUT2D eigenvalue weighted by Crippen LogP contribution is 2.44. The smallest absolute Gasteiger partial charge is 0.389 e. The molecule has 2 atom stereocenters. The Morgan fingerprint density at radius 2 is 1.94 bits per heavy atom. The van der Waals surface area contributed by atoms with Crippen molar-refractivity contribution in [3.05, 3.63) is 12.2 Å². The van der Waals surface area contributed by atoms with Gasteiger partial charge in [0.1, 0.15) is 0 Å². The van der Waals surface area contributed by atoms with Crippen LogP contribution in [0.5, 0.6) is 0 Å². The second-order valence-electron chi connectivity index (χ2n) is 3.60. The predicted molar refractivity (Wildman–Crippen MR) is 62.2 cm³/mol. The van der Waals surface area contributed by atoms with Gasteiger partial charge in [0.25, 0.3) is 0 Å². The number of rotatable bonds is 6. The largest absolute Gasteiger partial charge is 0.405 e. The van der Waals surface area contributed by atoms with Gasteiger partial charge < -0.3 is 5.11 Å². The third-order valence-corrected chi connectivity index (χ3v) is 4.11. The van der Waals surface area contributed by atoms with Crippen molar-refractivity contribution in [2.75, 3.05) is 13.2 Å². The maximum atomic E-state index is 12.1. The molecule has 0 saturated heterocycles. The maximum Gasteiger partial charge on any atom is 0.405 e. The Kier molecular flexibility index (Phi) is 5.66. The summed E-state index contributed by atoms with van der Waals surface area (Å²) in [6.07, 6.45) is 4.49. The first kappa shape index (κ1) is 13.9. The summed E-state index contributed by atoms with van der Waals surface area (Å²) in [6, 6.07) is -0.0627. The highest BCUT2D eigenvalue weighted by molar-refractivity contribution is 7.51. The number of hydrogen-bond acceptors (Lipinski definition) is 4. The van der Waals surface area contributed by atoms with E-state index >= 15 is 0 Å². The van der Waals surface area contributed by atoms with Crippen molar-refractivity contribution in [2.24, 2.45) is 0 Å². The van der Waals surface area contributed by atoms with Gasteiger partial charge in [0.2, 0.25) is 0 Å². The summed E-state index contributed by atoms with van der Waals surface area (Å²) >= 11 is 0. The topological polar surface area (TPSA) is 67.8 Å². The van der Waals surface area contributed by atoms with Crippen molar-refractivity contribution in [1.82, 2.24) is 5.09 Å². The molecule has 1 aliphatic rings. The molecule has 0 fully saturated rings. The fourth-order valence-corrected chi connectivity index (χ4v) is 3.09. The lowest BCUT2D eigenvalue weighted by Crippen LogP contribution is -2.30. The Balaban J connectivity index is 2.55. The van der Waals surface area contributed by atoms with E-state index in [-0.39, 0.29) is 6.04 Å². The van der Waals surface area contributed by atoms with E-state index in [1.807, 2.05) is 0 Å². The van der Waals surface area contributed by atoms with Crippen molar-refractivity contribution in [3.8, 4) is 0 Å². The lowest BCUT2D eigenvalue weighted by molar-refractivity contribution is 0.189. The molecular formula is C10H20NO4P. The summed E-state index contributed by atoms with van der Waals surface area (Å²) in [7, 11) is -3.19. The Morgan fingerprint density at radius 3 is 2.38 bits per heavy atom. The summed E-state index contributed by atoms with van der Waals surface area (Å²) in [4.78, 5) is 0. The van der Waals surface area contributed by atoms with Gasteiger partial charge in [-0.05, 0) is 26.7 Å². The van der Waals surface area contributed by atoms with Gasteiger partial charge in [0.15, 0.2) is 0 Å². The molecule has 0 aromatic rings. The molecule has 0 radical (unpaired) electrons. The number of hydrogen-bond donors (Lipinski definition) is 2. The molecule has 0 unspecified atom stereocenters. The zero-order chi connectivity index (χ0) is 12.0. The zero-order valence-corrected chi connectivity index (χ0v) is 10.7. The van der Waals surface area contributed by atoms with Crippen LogP contribution in [0.2, 0.25) is 0 Å². The van der Waals surface area contributed by atoms with Crippen LogP contribution >= 0.6 is 7.75 Å². The first-order valence-electron chi connectivity index (χ1n) is 5.63. The number of aliphatic hydroxyl groups excluding tert-OH is 1. The summed E-state index contributed by atoms with van der Waals surface area (Å²) in [5, 5.41) is 12.2. The van der Waals surface area contributed by atoms with Crippen LogP contribution in [-0.2, 0) is 13.6 Å². The van der Waals surface area contributed by atoms with Crippen LogP contribution in [-0.4, -0.2) is 30.5 Å². The molecule has 0 aliphatic heterocycles. The van der Waals surface area contributed by atoms with Crippen LogP contribution in [0.4, 0.5) is 0 Å². The van der Waals surface area contributed by atoms with E-state index in [4.69, 9.17) is 9.05 Å². The van der Waals surface area contributed by atoms with E-state index in [9.17, 15) is 9.67 Å². The molecule has 0 aromatic heterocycles. The van der Waals surface area contributed by atoms with Gasteiger partial charge in [0.05, 0.1) is 19.3 Å². The molecule has 0 heterocycles. The monoisotopic (exact) mass is 249 g/mol. The minimum atomic E-state index is -3.19. The standard InChI is InChI=1S/C10H20NO4P/c1-3-14-16(13,15-4-2)11-9-5-7-10(12)8-6-9/h5,7,9-10,12H,3-4,6,8H2,1-2H3,(H,11,13)/t9-,10+/m1/s1. The van der Waals surface area contributed by atoms with E-state index in [2.05, 4.69) is 5.09 Å². The summed E-state index contributed by atoms with van der Waals surface area (Å²) < 4.78 is 22.4. The van der Waals surface area contributed by atoms with Gasteiger partial charge >= 0.3 is 7.75 Å². The van der Waals surface area contributed by atoms with Crippen molar-refractivity contribution < 1.29 is 18.7 Å². The minimum Gasteiger partial charge on any atom is -0.389 e. The molecule has 5 nitrogen and oxygen atoms in total. The molecule has 0 amide bonds. The quantitative estimate of drug-likeness (QED) is 0.555. The lowest BCUT2D eigenvalue weighted by atomic mass is 10.0. The van der Waals surface area contributed by atoms with Crippen molar-refractivity contribution in [1.29, 1.82) is 0 Å². The average Bonchev–Trinajstić information content (AvgIpc) is 2.22. The summed E-state index contributed by atoms with van der Waals surface area (Å²) in [5.41, 5.74) is 0. The normalized spacial score (nSPS) is 25.9. The van der Waals surface area contributed by atoms with Crippen LogP contribution in [0.15, 0.2) is 12.2 Å². The van der Waals surface area contributed by atoms with Gasteiger partial charge in [-0.25, -0.2) is 9.65 Å². The second-order valence-corrected chi connectivity index (χ2v) is 5.37. The highest BCUT2D eigenvalue weighted by Gasteiger charge is 2.27. The fourth-order valence-electron chi connectivity index (χ4n) is 1.57. The molecule has 2 N–H and O–H groups in total. The van der Waals surface area contributed by atoms with Crippen molar-refractivity contribution in [2.45, 2.75) is 38.8 Å². The third-order valence-electron chi connectivity index (χ3n) is 2.26. The molecular weight excluding hydrogens is 229 g/mol. The molecule has 0 saturated carbocycles. The average molecular weight is 249 g/mol. The third kappa shape index (κ3) is 4.36. The Bertz CT molecular complexity index is 272. The van der Waals surface area contributed by atoms with Crippen LogP contribution in [0, 0.1) is 0 Å². The molecule has 1 rings (SSSR count). The van der Waals surface area contributed by atoms with Crippen LogP contribution in [0.25, 0.3) is 0 Å². The molecule has 16 heavy (non-hydrogen) atoms. The van der Waals surface area contributed by atoms with E-state index in [1.54, 1.807) is 26.0 Å². The summed E-state index contributed by atoms with van der Waals surface area (Å²) in [6.45, 7) is 4.22. The van der Waals surface area contributed by atoms with Crippen LogP contribution in [0.1, 0.15) is 26.7 Å². The molecule has 0 aromatic carbocycles. The first-order valence-corrected chi connectivity index (χ1v) is 7.17. The van der Waals surface area contributed by atoms with Gasteiger partial charge in [-0.3, -0.25) is 9.05 Å². The van der Waals surface area contributed by atoms with E-state index in [0.717, 1.165) is 6.42 Å². The molecule has 0 bridgehead atoms. The van der Waals surface area contributed by atoms with Gasteiger partial charge in [-0.1, -0.05) is 12.2 Å². The van der Waals surface area contributed by atoms with Crippen molar-refractivity contribution >= 4 is 7.75 Å². The van der Waals surface area contributed by atoms with E-state index in [0.29, 0.717) is 19.6 Å². The first-order chi connectivity index (χ1) is 7.59. The number of aliphatic hydroxyl groups is 1. The van der Waals surface area contributed by atoms with Gasteiger partial charge in [0, 0.05) is 6.04 Å². The highest BCUT2D eigenvalue weighted by atomic mass is 31.2. The van der Waals surface area contributed by atoms with Crippen molar-refractivity contribution in [3.63, 3.8) is 0 Å². The molecule has 94 valence electrons.